The Hall–Kier alpha value is -1.84. The van der Waals surface area contributed by atoms with Crippen molar-refractivity contribution in [2.75, 3.05) is 5.32 Å². The first-order chi connectivity index (χ1) is 10.0. The summed E-state index contributed by atoms with van der Waals surface area (Å²) < 4.78 is 0. The van der Waals surface area contributed by atoms with Crippen LogP contribution in [0.3, 0.4) is 0 Å². The van der Waals surface area contributed by atoms with Crippen LogP contribution in [0.1, 0.15) is 31.0 Å². The quantitative estimate of drug-likeness (QED) is 0.871. The van der Waals surface area contributed by atoms with Gasteiger partial charge in [-0.05, 0) is 42.3 Å². The van der Waals surface area contributed by atoms with Crippen LogP contribution < -0.4 is 10.6 Å². The Morgan fingerprint density at radius 1 is 1.19 bits per heavy atom. The molecule has 0 saturated carbocycles. The van der Waals surface area contributed by atoms with E-state index in [1.54, 1.807) is 0 Å². The van der Waals surface area contributed by atoms with Gasteiger partial charge in [0.2, 0.25) is 5.91 Å². The van der Waals surface area contributed by atoms with E-state index in [1.165, 1.54) is 6.92 Å². The zero-order chi connectivity index (χ0) is 15.2. The van der Waals surface area contributed by atoms with E-state index < -0.39 is 0 Å². The molecule has 1 atom stereocenters. The molecule has 2 N–H and O–H groups in total. The standard InChI is InChI=1S/C17H19ClN2O/c1-12(15-4-3-5-16(18)10-15)19-11-14-6-8-17(9-7-14)20-13(2)21/h3-10,12,19H,11H2,1-2H3,(H,20,21). The Kier molecular flexibility index (Phi) is 5.37. The second-order valence-electron chi connectivity index (χ2n) is 5.04. The zero-order valence-electron chi connectivity index (χ0n) is 12.2. The van der Waals surface area contributed by atoms with Gasteiger partial charge in [0.05, 0.1) is 0 Å². The van der Waals surface area contributed by atoms with E-state index in [-0.39, 0.29) is 11.9 Å². The van der Waals surface area contributed by atoms with E-state index in [0.29, 0.717) is 0 Å². The van der Waals surface area contributed by atoms with Crippen LogP contribution in [0.15, 0.2) is 48.5 Å². The van der Waals surface area contributed by atoms with Crippen molar-refractivity contribution in [2.24, 2.45) is 0 Å². The SMILES string of the molecule is CC(=O)Nc1ccc(CNC(C)c2cccc(Cl)c2)cc1. The van der Waals surface area contributed by atoms with E-state index in [4.69, 9.17) is 11.6 Å². The normalized spacial score (nSPS) is 12.0. The molecule has 2 aromatic carbocycles. The number of benzene rings is 2. The molecule has 2 rings (SSSR count). The highest BCUT2D eigenvalue weighted by Crippen LogP contribution is 2.18. The molecule has 0 heterocycles. The Labute approximate surface area is 130 Å². The number of anilines is 1. The van der Waals surface area contributed by atoms with Gasteiger partial charge in [-0.25, -0.2) is 0 Å². The third-order valence-electron chi connectivity index (χ3n) is 3.24. The molecule has 21 heavy (non-hydrogen) atoms. The summed E-state index contributed by atoms with van der Waals surface area (Å²) in [6.07, 6.45) is 0. The van der Waals surface area contributed by atoms with Gasteiger partial charge in [-0.15, -0.1) is 0 Å². The summed E-state index contributed by atoms with van der Waals surface area (Å²) in [4.78, 5) is 11.0. The van der Waals surface area contributed by atoms with E-state index >= 15 is 0 Å². The molecule has 0 aliphatic heterocycles. The van der Waals surface area contributed by atoms with Crippen molar-refractivity contribution in [2.45, 2.75) is 26.4 Å². The third kappa shape index (κ3) is 4.88. The van der Waals surface area contributed by atoms with Gasteiger partial charge in [-0.2, -0.15) is 0 Å². The van der Waals surface area contributed by atoms with Crippen LogP contribution in [0.5, 0.6) is 0 Å². The summed E-state index contributed by atoms with van der Waals surface area (Å²) >= 11 is 6.00. The summed E-state index contributed by atoms with van der Waals surface area (Å²) in [6, 6.07) is 15.9. The van der Waals surface area contributed by atoms with Gasteiger partial charge in [0, 0.05) is 30.2 Å². The Balaban J connectivity index is 1.92. The largest absolute Gasteiger partial charge is 0.326 e. The van der Waals surface area contributed by atoms with Crippen LogP contribution in [-0.2, 0) is 11.3 Å². The molecular weight excluding hydrogens is 284 g/mol. The molecular formula is C17H19ClN2O. The smallest absolute Gasteiger partial charge is 0.221 e. The molecule has 0 bridgehead atoms. The maximum Gasteiger partial charge on any atom is 0.221 e. The minimum Gasteiger partial charge on any atom is -0.326 e. The first-order valence-corrected chi connectivity index (χ1v) is 7.28. The number of carbonyl (C=O) groups excluding carboxylic acids is 1. The van der Waals surface area contributed by atoms with E-state index in [9.17, 15) is 4.79 Å². The Bertz CT molecular complexity index is 610. The molecule has 0 fully saturated rings. The van der Waals surface area contributed by atoms with Crippen molar-refractivity contribution in [3.8, 4) is 0 Å². The average molecular weight is 303 g/mol. The van der Waals surface area contributed by atoms with Gasteiger partial charge in [-0.3, -0.25) is 4.79 Å². The lowest BCUT2D eigenvalue weighted by Crippen LogP contribution is -2.18. The van der Waals surface area contributed by atoms with Gasteiger partial charge >= 0.3 is 0 Å². The maximum absolute atomic E-state index is 11.0. The minimum atomic E-state index is -0.0598. The Morgan fingerprint density at radius 2 is 1.90 bits per heavy atom. The van der Waals surface area contributed by atoms with Crippen molar-refractivity contribution >= 4 is 23.2 Å². The lowest BCUT2D eigenvalue weighted by molar-refractivity contribution is -0.114. The highest BCUT2D eigenvalue weighted by atomic mass is 35.5. The predicted octanol–water partition coefficient (Wildman–Crippen LogP) is 4.15. The molecule has 1 unspecified atom stereocenters. The van der Waals surface area contributed by atoms with Crippen LogP contribution >= 0.6 is 11.6 Å². The summed E-state index contributed by atoms with van der Waals surface area (Å²) in [5.74, 6) is -0.0598. The predicted molar refractivity (Wildman–Crippen MR) is 87.5 cm³/mol. The van der Waals surface area contributed by atoms with Crippen LogP contribution in [0.25, 0.3) is 0 Å². The minimum absolute atomic E-state index is 0.0598. The van der Waals surface area contributed by atoms with Crippen LogP contribution in [0, 0.1) is 0 Å². The summed E-state index contributed by atoms with van der Waals surface area (Å²) in [5.41, 5.74) is 3.14. The van der Waals surface area contributed by atoms with Crippen LogP contribution in [0.2, 0.25) is 5.02 Å². The third-order valence-corrected chi connectivity index (χ3v) is 3.47. The molecule has 0 aromatic heterocycles. The van der Waals surface area contributed by atoms with E-state index in [1.807, 2.05) is 42.5 Å². The number of nitrogens with one attached hydrogen (secondary N) is 2. The number of hydrogen-bond donors (Lipinski definition) is 2. The van der Waals surface area contributed by atoms with Crippen molar-refractivity contribution in [3.63, 3.8) is 0 Å². The Morgan fingerprint density at radius 3 is 2.52 bits per heavy atom. The number of rotatable bonds is 5. The highest BCUT2D eigenvalue weighted by molar-refractivity contribution is 6.30. The molecule has 0 radical (unpaired) electrons. The zero-order valence-corrected chi connectivity index (χ0v) is 12.9. The molecule has 0 saturated heterocycles. The lowest BCUT2D eigenvalue weighted by atomic mass is 10.1. The molecule has 0 aliphatic rings. The molecule has 2 aromatic rings. The summed E-state index contributed by atoms with van der Waals surface area (Å²) in [6.45, 7) is 4.37. The van der Waals surface area contributed by atoms with Gasteiger partial charge in [-0.1, -0.05) is 35.9 Å². The van der Waals surface area contributed by atoms with Crippen LogP contribution in [-0.4, -0.2) is 5.91 Å². The van der Waals surface area contributed by atoms with Crippen molar-refractivity contribution in [3.05, 3.63) is 64.7 Å². The van der Waals surface area contributed by atoms with E-state index in [0.717, 1.165) is 28.4 Å². The summed E-state index contributed by atoms with van der Waals surface area (Å²) in [7, 11) is 0. The lowest BCUT2D eigenvalue weighted by Gasteiger charge is -2.15. The number of hydrogen-bond acceptors (Lipinski definition) is 2. The summed E-state index contributed by atoms with van der Waals surface area (Å²) in [5, 5.41) is 6.96. The van der Waals surface area contributed by atoms with E-state index in [2.05, 4.69) is 23.6 Å². The molecule has 110 valence electrons. The number of halogens is 1. The monoisotopic (exact) mass is 302 g/mol. The highest BCUT2D eigenvalue weighted by Gasteiger charge is 2.05. The first-order valence-electron chi connectivity index (χ1n) is 6.90. The van der Waals surface area contributed by atoms with Gasteiger partial charge in [0.15, 0.2) is 0 Å². The first kappa shape index (κ1) is 15.5. The molecule has 1 amide bonds. The fraction of sp³-hybridized carbons (Fsp3) is 0.235. The second kappa shape index (κ2) is 7.25. The topological polar surface area (TPSA) is 41.1 Å². The average Bonchev–Trinajstić information content (AvgIpc) is 2.45. The van der Waals surface area contributed by atoms with Crippen molar-refractivity contribution in [1.82, 2.24) is 5.32 Å². The van der Waals surface area contributed by atoms with Crippen LogP contribution in [0.4, 0.5) is 5.69 Å². The van der Waals surface area contributed by atoms with Gasteiger partial charge in [0.25, 0.3) is 0 Å². The maximum atomic E-state index is 11.0. The molecule has 0 aliphatic carbocycles. The van der Waals surface area contributed by atoms with Crippen molar-refractivity contribution < 1.29 is 4.79 Å². The fourth-order valence-corrected chi connectivity index (χ4v) is 2.27. The van der Waals surface area contributed by atoms with Gasteiger partial charge < -0.3 is 10.6 Å². The molecule has 3 nitrogen and oxygen atoms in total. The second-order valence-corrected chi connectivity index (χ2v) is 5.47. The molecule has 4 heteroatoms. The number of amides is 1. The fourth-order valence-electron chi connectivity index (χ4n) is 2.07. The van der Waals surface area contributed by atoms with Gasteiger partial charge in [0.1, 0.15) is 0 Å². The number of carbonyl (C=O) groups is 1. The van der Waals surface area contributed by atoms with Crippen molar-refractivity contribution in [1.29, 1.82) is 0 Å². The molecule has 0 spiro atoms.